The largest absolute Gasteiger partial charge is 0.494 e. The molecule has 32 heavy (non-hydrogen) atoms. The summed E-state index contributed by atoms with van der Waals surface area (Å²) in [7, 11) is -3.91. The van der Waals surface area contributed by atoms with Gasteiger partial charge in [0, 0.05) is 11.3 Å². The number of nitrogens with one attached hydrogen (secondary N) is 1. The molecule has 4 rings (SSSR count). The number of sulfone groups is 1. The van der Waals surface area contributed by atoms with Crippen LogP contribution in [0.15, 0.2) is 87.1 Å². The molecule has 0 saturated heterocycles. The molecule has 6 nitrogen and oxygen atoms in total. The van der Waals surface area contributed by atoms with Gasteiger partial charge in [-0.25, -0.2) is 8.42 Å². The van der Waals surface area contributed by atoms with E-state index in [0.29, 0.717) is 23.6 Å². The Balaban J connectivity index is 1.79. The molecule has 0 saturated carbocycles. The van der Waals surface area contributed by atoms with Crippen molar-refractivity contribution in [3.63, 3.8) is 0 Å². The molecule has 0 spiro atoms. The molecule has 1 N–H and O–H groups in total. The van der Waals surface area contributed by atoms with Crippen LogP contribution in [0.2, 0.25) is 0 Å². The molecule has 4 aromatic rings. The zero-order valence-corrected chi connectivity index (χ0v) is 18.9. The van der Waals surface area contributed by atoms with Crippen LogP contribution in [-0.2, 0) is 9.84 Å². The van der Waals surface area contributed by atoms with Crippen molar-refractivity contribution in [3.8, 4) is 17.2 Å². The molecule has 0 aliphatic carbocycles. The minimum absolute atomic E-state index is 0.0679. The van der Waals surface area contributed by atoms with Gasteiger partial charge in [-0.2, -0.15) is 4.98 Å². The van der Waals surface area contributed by atoms with Crippen molar-refractivity contribution in [3.05, 3.63) is 83.9 Å². The van der Waals surface area contributed by atoms with Gasteiger partial charge < -0.3 is 14.5 Å². The van der Waals surface area contributed by atoms with Gasteiger partial charge in [0.1, 0.15) is 5.75 Å². The minimum atomic E-state index is -3.91. The Morgan fingerprint density at radius 1 is 0.875 bits per heavy atom. The summed E-state index contributed by atoms with van der Waals surface area (Å²) in [5.41, 5.74) is 3.41. The smallest absolute Gasteiger partial charge is 0.238 e. The summed E-state index contributed by atoms with van der Waals surface area (Å²) in [5.74, 6) is 0.986. The highest BCUT2D eigenvalue weighted by Crippen LogP contribution is 2.34. The minimum Gasteiger partial charge on any atom is -0.494 e. The van der Waals surface area contributed by atoms with E-state index in [1.807, 2.05) is 45.0 Å². The van der Waals surface area contributed by atoms with E-state index in [9.17, 15) is 8.42 Å². The molecule has 1 heterocycles. The van der Waals surface area contributed by atoms with Gasteiger partial charge in [0.05, 0.1) is 11.5 Å². The van der Waals surface area contributed by atoms with Crippen LogP contribution >= 0.6 is 0 Å². The van der Waals surface area contributed by atoms with Gasteiger partial charge in [-0.1, -0.05) is 35.4 Å². The van der Waals surface area contributed by atoms with Crippen LogP contribution in [0, 0.1) is 13.8 Å². The molecule has 0 fully saturated rings. The Labute approximate surface area is 187 Å². The molecule has 7 heteroatoms. The number of benzene rings is 3. The molecule has 0 radical (unpaired) electrons. The SMILES string of the molecule is CCOc1ccc(-c2nc(S(=O)(=O)c3ccc(C)cc3)c(Nc3ccc(C)cc3)o2)cc1. The Morgan fingerprint density at radius 2 is 1.47 bits per heavy atom. The highest BCUT2D eigenvalue weighted by Gasteiger charge is 2.28. The first-order valence-electron chi connectivity index (χ1n) is 10.3. The van der Waals surface area contributed by atoms with Crippen molar-refractivity contribution in [1.29, 1.82) is 0 Å². The van der Waals surface area contributed by atoms with E-state index in [4.69, 9.17) is 9.15 Å². The standard InChI is InChI=1S/C25H24N2O4S/c1-4-30-21-13-9-19(10-14-21)23-27-25(32(28,29)22-15-7-18(3)8-16-22)24(31-23)26-20-11-5-17(2)6-12-20/h5-16,26H,4H2,1-3H3. The first-order valence-corrected chi connectivity index (χ1v) is 11.7. The summed E-state index contributed by atoms with van der Waals surface area (Å²) in [6, 6.07) is 21.4. The van der Waals surface area contributed by atoms with Crippen LogP contribution < -0.4 is 10.1 Å². The summed E-state index contributed by atoms with van der Waals surface area (Å²) in [5, 5.41) is 2.91. The number of aryl methyl sites for hydroxylation is 2. The van der Waals surface area contributed by atoms with Gasteiger partial charge in [0.15, 0.2) is 0 Å². The molecule has 0 unspecified atom stereocenters. The van der Waals surface area contributed by atoms with Gasteiger partial charge in [-0.05, 0) is 69.3 Å². The number of nitrogens with zero attached hydrogens (tertiary/aromatic N) is 1. The number of rotatable bonds is 7. The number of aromatic nitrogens is 1. The normalized spacial score (nSPS) is 11.3. The fraction of sp³-hybridized carbons (Fsp3) is 0.160. The molecule has 1 aromatic heterocycles. The van der Waals surface area contributed by atoms with Crippen molar-refractivity contribution in [2.24, 2.45) is 0 Å². The van der Waals surface area contributed by atoms with Crippen LogP contribution in [0.5, 0.6) is 5.75 Å². The number of hydrogen-bond acceptors (Lipinski definition) is 6. The third-order valence-corrected chi connectivity index (χ3v) is 6.58. The first kappa shape index (κ1) is 21.6. The van der Waals surface area contributed by atoms with Gasteiger partial charge in [-0.3, -0.25) is 0 Å². The Morgan fingerprint density at radius 3 is 2.06 bits per heavy atom. The highest BCUT2D eigenvalue weighted by atomic mass is 32.2. The van der Waals surface area contributed by atoms with Crippen molar-refractivity contribution in [2.75, 3.05) is 11.9 Å². The summed E-state index contributed by atoms with van der Waals surface area (Å²) in [4.78, 5) is 4.54. The first-order chi connectivity index (χ1) is 15.4. The lowest BCUT2D eigenvalue weighted by Crippen LogP contribution is -2.05. The fourth-order valence-electron chi connectivity index (χ4n) is 3.15. The summed E-state index contributed by atoms with van der Waals surface area (Å²) in [6.07, 6.45) is 0. The van der Waals surface area contributed by atoms with Crippen LogP contribution in [0.3, 0.4) is 0 Å². The molecule has 0 aliphatic rings. The molecular formula is C25H24N2O4S. The maximum atomic E-state index is 13.4. The second kappa shape index (κ2) is 8.88. The second-order valence-electron chi connectivity index (χ2n) is 7.42. The van der Waals surface area contributed by atoms with Crippen LogP contribution in [0.25, 0.3) is 11.5 Å². The monoisotopic (exact) mass is 448 g/mol. The zero-order valence-electron chi connectivity index (χ0n) is 18.1. The lowest BCUT2D eigenvalue weighted by atomic mass is 10.2. The number of anilines is 2. The Kier molecular flexibility index (Phi) is 6.01. The maximum absolute atomic E-state index is 13.4. The third-order valence-electron chi connectivity index (χ3n) is 4.90. The summed E-state index contributed by atoms with van der Waals surface area (Å²) >= 11 is 0. The molecule has 0 atom stereocenters. The van der Waals surface area contributed by atoms with E-state index in [-0.39, 0.29) is 21.7 Å². The molecular weight excluding hydrogens is 424 g/mol. The average molecular weight is 449 g/mol. The van der Waals surface area contributed by atoms with E-state index < -0.39 is 9.84 Å². The molecule has 3 aromatic carbocycles. The molecule has 0 bridgehead atoms. The van der Waals surface area contributed by atoms with Gasteiger partial charge in [0.2, 0.25) is 26.6 Å². The maximum Gasteiger partial charge on any atom is 0.238 e. The van der Waals surface area contributed by atoms with Gasteiger partial charge >= 0.3 is 0 Å². The fourth-order valence-corrected chi connectivity index (χ4v) is 4.41. The lowest BCUT2D eigenvalue weighted by Gasteiger charge is -2.07. The van der Waals surface area contributed by atoms with Crippen molar-refractivity contribution in [1.82, 2.24) is 4.98 Å². The van der Waals surface area contributed by atoms with Crippen LogP contribution in [0.1, 0.15) is 18.1 Å². The van der Waals surface area contributed by atoms with Gasteiger partial charge in [0.25, 0.3) is 0 Å². The predicted octanol–water partition coefficient (Wildman–Crippen LogP) is 5.93. The van der Waals surface area contributed by atoms with Gasteiger partial charge in [-0.15, -0.1) is 0 Å². The predicted molar refractivity (Wildman–Crippen MR) is 124 cm³/mol. The van der Waals surface area contributed by atoms with Crippen molar-refractivity contribution < 1.29 is 17.6 Å². The average Bonchev–Trinajstić information content (AvgIpc) is 3.21. The zero-order chi connectivity index (χ0) is 22.7. The quantitative estimate of drug-likeness (QED) is 0.377. The van der Waals surface area contributed by atoms with E-state index >= 15 is 0 Å². The third kappa shape index (κ3) is 4.53. The van der Waals surface area contributed by atoms with E-state index in [0.717, 1.165) is 11.1 Å². The number of ether oxygens (including phenoxy) is 1. The van der Waals surface area contributed by atoms with Crippen LogP contribution in [0.4, 0.5) is 11.6 Å². The molecule has 0 aliphatic heterocycles. The summed E-state index contributed by atoms with van der Waals surface area (Å²) < 4.78 is 38.2. The topological polar surface area (TPSA) is 81.4 Å². The van der Waals surface area contributed by atoms with Crippen molar-refractivity contribution >= 4 is 21.4 Å². The Hall–Kier alpha value is -3.58. The second-order valence-corrected chi connectivity index (χ2v) is 9.28. The molecule has 164 valence electrons. The van der Waals surface area contributed by atoms with Crippen LogP contribution in [-0.4, -0.2) is 20.0 Å². The Bertz CT molecular complexity index is 1310. The number of hydrogen-bond donors (Lipinski definition) is 1. The van der Waals surface area contributed by atoms with E-state index in [1.54, 1.807) is 48.5 Å². The van der Waals surface area contributed by atoms with Crippen molar-refractivity contribution in [2.45, 2.75) is 30.7 Å². The summed E-state index contributed by atoms with van der Waals surface area (Å²) in [6.45, 7) is 6.35. The highest BCUT2D eigenvalue weighted by molar-refractivity contribution is 7.91. The lowest BCUT2D eigenvalue weighted by molar-refractivity contribution is 0.340. The van der Waals surface area contributed by atoms with E-state index in [2.05, 4.69) is 10.3 Å². The molecule has 0 amide bonds. The van der Waals surface area contributed by atoms with E-state index in [1.165, 1.54) is 0 Å². The number of oxazole rings is 1.